The molecule has 0 fully saturated rings. The van der Waals surface area contributed by atoms with Crippen LogP contribution in [0.4, 0.5) is 0 Å². The molecule has 32 heavy (non-hydrogen) atoms. The second-order valence-corrected chi connectivity index (χ2v) is 9.71. The zero-order valence-electron chi connectivity index (χ0n) is 17.0. The molecule has 0 bridgehead atoms. The van der Waals surface area contributed by atoms with E-state index < -0.39 is 79.0 Å². The Bertz CT molecular complexity index is 1370. The van der Waals surface area contributed by atoms with Crippen LogP contribution in [0.5, 0.6) is 11.5 Å². The third-order valence-electron chi connectivity index (χ3n) is 3.65. The Labute approximate surface area is 249 Å². The number of aromatic hydroxyl groups is 2. The minimum atomic E-state index is -5.56. The number of rotatable bonds is 5. The molecule has 0 saturated heterocycles. The van der Waals surface area contributed by atoms with Gasteiger partial charge in [0.05, 0.1) is 20.2 Å². The van der Waals surface area contributed by atoms with Gasteiger partial charge in [0.25, 0.3) is 0 Å². The molecule has 0 saturated carbocycles. The molecule has 0 heterocycles. The maximum absolute atomic E-state index is 11.7. The van der Waals surface area contributed by atoms with Crippen LogP contribution in [0.1, 0.15) is 17.3 Å². The van der Waals surface area contributed by atoms with Gasteiger partial charge in [0.15, 0.2) is 5.78 Å². The van der Waals surface area contributed by atoms with Crippen molar-refractivity contribution in [3.63, 3.8) is 0 Å². The van der Waals surface area contributed by atoms with Crippen LogP contribution in [-0.2, 0) is 30.4 Å². The number of phenols is 2. The standard InChI is InChI=1S/C14H12O12S3.3Na/c1-6(15)9-2-7(27(18,19)20)3-10(13(9)16)11-4-8(28(21,22)23)5-12(14(11)17)29(24,25)26;;;/h2-5,16-17H,1H3,(H,18,19,20)(H,21,22,23)(H,24,25,26);;;/q;3*+1/p-3. The van der Waals surface area contributed by atoms with Crippen molar-refractivity contribution >= 4 is 36.1 Å². The summed E-state index contributed by atoms with van der Waals surface area (Å²) in [6.45, 7) is 0.867. The van der Waals surface area contributed by atoms with Gasteiger partial charge in [0, 0.05) is 11.1 Å². The number of carbonyl (C=O) groups excluding carboxylic acids is 1. The number of phenolic OH excluding ortho intramolecular Hbond substituents is 2. The van der Waals surface area contributed by atoms with Crippen molar-refractivity contribution in [2.75, 3.05) is 0 Å². The van der Waals surface area contributed by atoms with E-state index in [0.29, 0.717) is 18.2 Å². The van der Waals surface area contributed by atoms with Crippen LogP contribution < -0.4 is 88.7 Å². The van der Waals surface area contributed by atoms with Crippen molar-refractivity contribution in [2.24, 2.45) is 0 Å². The van der Waals surface area contributed by atoms with Crippen LogP contribution in [0, 0.1) is 0 Å². The smallest absolute Gasteiger partial charge is 0.744 e. The van der Waals surface area contributed by atoms with E-state index in [9.17, 15) is 53.9 Å². The van der Waals surface area contributed by atoms with Gasteiger partial charge in [-0.3, -0.25) is 4.79 Å². The second-order valence-electron chi connectivity index (χ2n) is 5.60. The molecular formula is C14H9Na3O12S3. The summed E-state index contributed by atoms with van der Waals surface area (Å²) in [5.74, 6) is -3.48. The fraction of sp³-hybridized carbons (Fsp3) is 0.0714. The van der Waals surface area contributed by atoms with E-state index in [2.05, 4.69) is 0 Å². The van der Waals surface area contributed by atoms with E-state index in [4.69, 9.17) is 0 Å². The number of Topliss-reactive ketones (excluding diaryl/α,β-unsaturated/α-hetero) is 1. The van der Waals surface area contributed by atoms with Crippen molar-refractivity contribution in [1.29, 1.82) is 0 Å². The molecular weight excluding hydrogens is 525 g/mol. The summed E-state index contributed by atoms with van der Waals surface area (Å²) < 4.78 is 102. The summed E-state index contributed by atoms with van der Waals surface area (Å²) in [7, 11) is -16.2. The summed E-state index contributed by atoms with van der Waals surface area (Å²) in [6, 6.07) is 1.31. The third kappa shape index (κ3) is 7.73. The molecule has 158 valence electrons. The van der Waals surface area contributed by atoms with Crippen molar-refractivity contribution in [2.45, 2.75) is 21.6 Å². The predicted octanol–water partition coefficient (Wildman–Crippen LogP) is -9.31. The molecule has 0 spiro atoms. The molecule has 0 unspecified atom stereocenters. The van der Waals surface area contributed by atoms with Gasteiger partial charge in [-0.2, -0.15) is 0 Å². The average molecular weight is 534 g/mol. The van der Waals surface area contributed by atoms with Gasteiger partial charge >= 0.3 is 88.7 Å². The molecule has 12 nitrogen and oxygen atoms in total. The normalized spacial score (nSPS) is 11.5. The summed E-state index contributed by atoms with van der Waals surface area (Å²) in [6.07, 6.45) is 0. The van der Waals surface area contributed by atoms with Crippen LogP contribution in [0.25, 0.3) is 11.1 Å². The van der Waals surface area contributed by atoms with Crippen molar-refractivity contribution < 1.29 is 143 Å². The SMILES string of the molecule is CC(=O)c1cc(S(=O)(=O)[O-])cc(-c2cc(S(=O)(=O)[O-])cc(S(=O)(=O)[O-])c2O)c1O.[Na+].[Na+].[Na+]. The molecule has 2 rings (SSSR count). The largest absolute Gasteiger partial charge is 1.00 e. The summed E-state index contributed by atoms with van der Waals surface area (Å²) in [5.41, 5.74) is -2.64. The van der Waals surface area contributed by atoms with E-state index in [1.165, 1.54) is 0 Å². The molecule has 0 aliphatic rings. The molecule has 0 atom stereocenters. The Morgan fingerprint density at radius 1 is 0.688 bits per heavy atom. The average Bonchev–Trinajstić information content (AvgIpc) is 2.51. The quantitative estimate of drug-likeness (QED) is 0.207. The van der Waals surface area contributed by atoms with Crippen molar-refractivity contribution in [3.05, 3.63) is 29.8 Å². The minimum absolute atomic E-state index is 0. The van der Waals surface area contributed by atoms with Crippen LogP contribution in [0.2, 0.25) is 0 Å². The Morgan fingerprint density at radius 3 is 1.41 bits per heavy atom. The monoisotopic (exact) mass is 534 g/mol. The van der Waals surface area contributed by atoms with Crippen molar-refractivity contribution in [1.82, 2.24) is 0 Å². The van der Waals surface area contributed by atoms with Gasteiger partial charge < -0.3 is 23.9 Å². The fourth-order valence-electron chi connectivity index (χ4n) is 2.35. The van der Waals surface area contributed by atoms with Crippen LogP contribution in [-0.4, -0.2) is 54.9 Å². The molecule has 2 aromatic rings. The molecule has 0 aliphatic carbocycles. The summed E-state index contributed by atoms with van der Waals surface area (Å²) in [5, 5.41) is 20.3. The third-order valence-corrected chi connectivity index (χ3v) is 6.12. The number of hydrogen-bond acceptors (Lipinski definition) is 12. The first-order valence-corrected chi connectivity index (χ1v) is 11.3. The summed E-state index contributed by atoms with van der Waals surface area (Å²) >= 11 is 0. The molecule has 2 aromatic carbocycles. The topological polar surface area (TPSA) is 229 Å². The Morgan fingerprint density at radius 2 is 1.06 bits per heavy atom. The van der Waals surface area contributed by atoms with E-state index >= 15 is 0 Å². The number of ketones is 1. The van der Waals surface area contributed by atoms with Crippen LogP contribution >= 0.6 is 0 Å². The Balaban J connectivity index is 0. The number of hydrogen-bond donors (Lipinski definition) is 2. The Kier molecular flexibility index (Phi) is 12.9. The molecule has 0 aliphatic heterocycles. The van der Waals surface area contributed by atoms with Gasteiger partial charge in [-0.15, -0.1) is 0 Å². The molecule has 0 radical (unpaired) electrons. The zero-order valence-corrected chi connectivity index (χ0v) is 25.5. The van der Waals surface area contributed by atoms with Gasteiger partial charge in [-0.05, 0) is 31.2 Å². The van der Waals surface area contributed by atoms with E-state index in [0.717, 1.165) is 6.92 Å². The first-order chi connectivity index (χ1) is 12.9. The first kappa shape index (κ1) is 34.6. The maximum Gasteiger partial charge on any atom is 1.00 e. The number of carbonyl (C=O) groups is 1. The van der Waals surface area contributed by atoms with Crippen LogP contribution in [0.15, 0.2) is 39.0 Å². The van der Waals surface area contributed by atoms with Gasteiger partial charge in [-0.1, -0.05) is 0 Å². The molecule has 2 N–H and O–H groups in total. The van der Waals surface area contributed by atoms with Crippen molar-refractivity contribution in [3.8, 4) is 22.6 Å². The Hall–Kier alpha value is 0.440. The second kappa shape index (κ2) is 11.9. The summed E-state index contributed by atoms with van der Waals surface area (Å²) in [4.78, 5) is 7.67. The van der Waals surface area contributed by atoms with E-state index in [1.807, 2.05) is 0 Å². The molecule has 0 aromatic heterocycles. The van der Waals surface area contributed by atoms with E-state index in [-0.39, 0.29) is 94.7 Å². The fourth-order valence-corrected chi connectivity index (χ4v) is 4.09. The van der Waals surface area contributed by atoms with E-state index in [1.54, 1.807) is 0 Å². The molecule has 0 amide bonds. The predicted molar refractivity (Wildman–Crippen MR) is 89.1 cm³/mol. The molecule has 18 heteroatoms. The maximum atomic E-state index is 11.7. The van der Waals surface area contributed by atoms with Crippen LogP contribution in [0.3, 0.4) is 0 Å². The zero-order chi connectivity index (χ0) is 22.5. The van der Waals surface area contributed by atoms with Gasteiger partial charge in [0.1, 0.15) is 41.9 Å². The minimum Gasteiger partial charge on any atom is -0.744 e. The first-order valence-electron chi connectivity index (χ1n) is 7.07. The van der Waals surface area contributed by atoms with Gasteiger partial charge in [-0.25, -0.2) is 25.3 Å². The number of benzene rings is 2. The van der Waals surface area contributed by atoms with Gasteiger partial charge in [0.2, 0.25) is 0 Å².